The van der Waals surface area contributed by atoms with Crippen LogP contribution < -0.4 is 10.6 Å². The lowest BCUT2D eigenvalue weighted by Gasteiger charge is -2.06. The monoisotopic (exact) mass is 290 g/mol. The molecule has 0 radical (unpaired) electrons. The maximum Gasteiger partial charge on any atom is 0.253 e. The van der Waals surface area contributed by atoms with Gasteiger partial charge in [0.2, 0.25) is 0 Å². The molecule has 0 aliphatic rings. The first-order chi connectivity index (χ1) is 9.69. The first kappa shape index (κ1) is 14.5. The fourth-order valence-corrected chi connectivity index (χ4v) is 2.38. The molecular formula is C14H18N4OS. The van der Waals surface area contributed by atoms with Crippen LogP contribution in [0, 0.1) is 6.92 Å². The fourth-order valence-electron chi connectivity index (χ4n) is 1.64. The summed E-state index contributed by atoms with van der Waals surface area (Å²) >= 11 is 1.58. The molecule has 0 saturated carbocycles. The zero-order valence-corrected chi connectivity index (χ0v) is 12.5. The third-order valence-corrected chi connectivity index (χ3v) is 3.59. The highest BCUT2D eigenvalue weighted by Gasteiger charge is 2.07. The number of amides is 1. The van der Waals surface area contributed by atoms with Gasteiger partial charge >= 0.3 is 0 Å². The van der Waals surface area contributed by atoms with Gasteiger partial charge in [0.25, 0.3) is 5.91 Å². The molecule has 2 aromatic heterocycles. The minimum Gasteiger partial charge on any atom is -0.370 e. The van der Waals surface area contributed by atoms with Gasteiger partial charge in [-0.3, -0.25) is 4.79 Å². The number of rotatable bonds is 6. The summed E-state index contributed by atoms with van der Waals surface area (Å²) in [6, 6.07) is 3.60. The largest absolute Gasteiger partial charge is 0.370 e. The molecule has 0 saturated heterocycles. The molecule has 1 amide bonds. The number of hydrogen-bond acceptors (Lipinski definition) is 5. The van der Waals surface area contributed by atoms with E-state index in [1.54, 1.807) is 29.8 Å². The molecule has 0 bridgehead atoms. The number of carbonyl (C=O) groups excluding carboxylic acids is 1. The van der Waals surface area contributed by atoms with E-state index in [4.69, 9.17) is 0 Å². The molecule has 2 N–H and O–H groups in total. The average molecular weight is 290 g/mol. The van der Waals surface area contributed by atoms with Crippen molar-refractivity contribution in [1.82, 2.24) is 15.3 Å². The number of nitrogens with zero attached hydrogens (tertiary/aromatic N) is 2. The van der Waals surface area contributed by atoms with Gasteiger partial charge in [-0.15, -0.1) is 11.3 Å². The Morgan fingerprint density at radius 1 is 1.30 bits per heavy atom. The lowest BCUT2D eigenvalue weighted by atomic mass is 10.2. The van der Waals surface area contributed by atoms with Gasteiger partial charge in [-0.2, -0.15) is 0 Å². The molecular weight excluding hydrogens is 272 g/mol. The topological polar surface area (TPSA) is 66.9 Å². The summed E-state index contributed by atoms with van der Waals surface area (Å²) in [5, 5.41) is 7.04. The molecule has 2 heterocycles. The van der Waals surface area contributed by atoms with Gasteiger partial charge in [0.05, 0.1) is 17.1 Å². The smallest absolute Gasteiger partial charge is 0.253 e. The molecule has 0 fully saturated rings. The van der Waals surface area contributed by atoms with E-state index >= 15 is 0 Å². The third kappa shape index (κ3) is 4.03. The molecule has 6 heteroatoms. The number of nitrogens with one attached hydrogen (secondary N) is 2. The Bertz CT molecular complexity index is 565. The number of aromatic nitrogens is 2. The Morgan fingerprint density at radius 3 is 2.75 bits per heavy atom. The van der Waals surface area contributed by atoms with Crippen molar-refractivity contribution in [2.24, 2.45) is 0 Å². The van der Waals surface area contributed by atoms with E-state index in [9.17, 15) is 4.79 Å². The molecule has 106 valence electrons. The summed E-state index contributed by atoms with van der Waals surface area (Å²) in [5.41, 5.74) is 0.563. The van der Waals surface area contributed by atoms with Gasteiger partial charge in [0.15, 0.2) is 0 Å². The van der Waals surface area contributed by atoms with Crippen LogP contribution >= 0.6 is 11.3 Å². The Hall–Kier alpha value is -1.95. The highest BCUT2D eigenvalue weighted by atomic mass is 32.1. The van der Waals surface area contributed by atoms with Crippen LogP contribution in [0.2, 0.25) is 0 Å². The van der Waals surface area contributed by atoms with Crippen molar-refractivity contribution in [1.29, 1.82) is 0 Å². The minimum absolute atomic E-state index is 0.120. The van der Waals surface area contributed by atoms with Gasteiger partial charge in [-0.05, 0) is 25.5 Å². The van der Waals surface area contributed by atoms with E-state index in [2.05, 4.69) is 27.5 Å². The van der Waals surface area contributed by atoms with Crippen molar-refractivity contribution in [3.8, 4) is 0 Å². The van der Waals surface area contributed by atoms with E-state index in [1.807, 2.05) is 13.0 Å². The molecule has 20 heavy (non-hydrogen) atoms. The molecule has 5 nitrogen and oxygen atoms in total. The maximum atomic E-state index is 12.0. The second kappa shape index (κ2) is 7.00. The summed E-state index contributed by atoms with van der Waals surface area (Å²) in [5.74, 6) is 0.673. The number of anilines is 1. The van der Waals surface area contributed by atoms with E-state index < -0.39 is 0 Å². The first-order valence-corrected chi connectivity index (χ1v) is 7.40. The molecule has 0 spiro atoms. The van der Waals surface area contributed by atoms with Crippen LogP contribution in [0.5, 0.6) is 0 Å². The van der Waals surface area contributed by atoms with Crippen LogP contribution in [0.3, 0.4) is 0 Å². The van der Waals surface area contributed by atoms with Crippen molar-refractivity contribution in [2.45, 2.75) is 26.8 Å². The number of pyridine rings is 1. The highest BCUT2D eigenvalue weighted by molar-refractivity contribution is 7.11. The Balaban J connectivity index is 1.88. The van der Waals surface area contributed by atoms with E-state index in [0.29, 0.717) is 12.1 Å². The van der Waals surface area contributed by atoms with Gasteiger partial charge < -0.3 is 10.6 Å². The van der Waals surface area contributed by atoms with Crippen LogP contribution in [0.4, 0.5) is 5.82 Å². The minimum atomic E-state index is -0.120. The average Bonchev–Trinajstić information content (AvgIpc) is 2.89. The first-order valence-electron chi connectivity index (χ1n) is 6.58. The molecule has 0 unspecified atom stereocenters. The summed E-state index contributed by atoms with van der Waals surface area (Å²) in [7, 11) is 0. The van der Waals surface area contributed by atoms with Crippen LogP contribution in [0.1, 0.15) is 33.6 Å². The van der Waals surface area contributed by atoms with Gasteiger partial charge in [-0.1, -0.05) is 6.92 Å². The second-order valence-electron chi connectivity index (χ2n) is 4.39. The van der Waals surface area contributed by atoms with E-state index in [1.165, 1.54) is 0 Å². The van der Waals surface area contributed by atoms with Crippen LogP contribution in [0.25, 0.3) is 0 Å². The zero-order valence-electron chi connectivity index (χ0n) is 11.6. The molecule has 0 aliphatic heterocycles. The number of aryl methyl sites for hydroxylation is 1. The molecule has 2 aromatic rings. The predicted octanol–water partition coefficient (Wildman–Crippen LogP) is 2.60. The summed E-state index contributed by atoms with van der Waals surface area (Å²) in [6.45, 7) is 5.42. The molecule has 2 rings (SSSR count). The van der Waals surface area contributed by atoms with Crippen LogP contribution in [0.15, 0.2) is 24.5 Å². The van der Waals surface area contributed by atoms with Gasteiger partial charge in [0, 0.05) is 23.8 Å². The Kier molecular flexibility index (Phi) is 5.06. The Morgan fingerprint density at radius 2 is 2.15 bits per heavy atom. The van der Waals surface area contributed by atoms with Crippen LogP contribution in [-0.2, 0) is 6.54 Å². The van der Waals surface area contributed by atoms with Crippen molar-refractivity contribution < 1.29 is 4.79 Å². The molecule has 0 aromatic carbocycles. The molecule has 0 atom stereocenters. The lowest BCUT2D eigenvalue weighted by molar-refractivity contribution is 0.0951. The standard InChI is InChI=1S/C14H18N4OS/c1-3-6-15-13-5-4-11(7-17-13)14(19)18-9-12-8-16-10(2)20-12/h4-5,7-8H,3,6,9H2,1-2H3,(H,15,17)(H,18,19). The van der Waals surface area contributed by atoms with Crippen molar-refractivity contribution in [2.75, 3.05) is 11.9 Å². The third-order valence-electron chi connectivity index (χ3n) is 2.67. The van der Waals surface area contributed by atoms with Gasteiger partial charge in [0.1, 0.15) is 5.82 Å². The Labute approximate surface area is 122 Å². The van der Waals surface area contributed by atoms with Crippen molar-refractivity contribution in [3.63, 3.8) is 0 Å². The summed E-state index contributed by atoms with van der Waals surface area (Å²) in [4.78, 5) is 21.4. The maximum absolute atomic E-state index is 12.0. The van der Waals surface area contributed by atoms with Crippen LogP contribution in [-0.4, -0.2) is 22.4 Å². The number of carbonyl (C=O) groups is 1. The highest BCUT2D eigenvalue weighted by Crippen LogP contribution is 2.11. The normalized spacial score (nSPS) is 10.3. The quantitative estimate of drug-likeness (QED) is 0.858. The zero-order chi connectivity index (χ0) is 14.4. The SMILES string of the molecule is CCCNc1ccc(C(=O)NCc2cnc(C)s2)cn1. The van der Waals surface area contributed by atoms with Crippen molar-refractivity contribution in [3.05, 3.63) is 40.0 Å². The fraction of sp³-hybridized carbons (Fsp3) is 0.357. The van der Waals surface area contributed by atoms with E-state index in [-0.39, 0.29) is 5.91 Å². The lowest BCUT2D eigenvalue weighted by Crippen LogP contribution is -2.22. The summed E-state index contributed by atoms with van der Waals surface area (Å²) in [6.07, 6.45) is 4.42. The van der Waals surface area contributed by atoms with E-state index in [0.717, 1.165) is 28.7 Å². The molecule has 0 aliphatic carbocycles. The second-order valence-corrected chi connectivity index (χ2v) is 5.71. The van der Waals surface area contributed by atoms with Crippen molar-refractivity contribution >= 4 is 23.1 Å². The summed E-state index contributed by atoms with van der Waals surface area (Å²) < 4.78 is 0. The number of thiazole rings is 1. The van der Waals surface area contributed by atoms with Gasteiger partial charge in [-0.25, -0.2) is 9.97 Å². The predicted molar refractivity (Wildman–Crippen MR) is 81.0 cm³/mol. The number of hydrogen-bond donors (Lipinski definition) is 2.